The Balaban J connectivity index is 0.000000236. The van der Waals surface area contributed by atoms with Crippen LogP contribution in [0.25, 0.3) is 0 Å². The fourth-order valence-electron chi connectivity index (χ4n) is 0.453. The molecule has 0 radical (unpaired) electrons. The minimum Gasteiger partial charge on any atom is -0.399 e. The van der Waals surface area contributed by atoms with Gasteiger partial charge < -0.3 is 10.8 Å². The quantitative estimate of drug-likeness (QED) is 0.532. The van der Waals surface area contributed by atoms with Crippen molar-refractivity contribution in [2.45, 2.75) is 6.92 Å². The number of benzene rings is 1. The van der Waals surface area contributed by atoms with Gasteiger partial charge >= 0.3 is 0 Å². The third-order valence-electron chi connectivity index (χ3n) is 0.800. The molecule has 0 unspecified atom stereocenters. The first-order chi connectivity index (χ1) is 4.81. The van der Waals surface area contributed by atoms with E-state index in [4.69, 9.17) is 10.8 Å². The zero-order chi connectivity index (χ0) is 7.82. The molecule has 0 amide bonds. The molecule has 0 aliphatic rings. The fourth-order valence-corrected chi connectivity index (χ4v) is 0.453. The molecule has 0 aliphatic heterocycles. The molecule has 0 fully saturated rings. The molecule has 0 heterocycles. The second-order valence-electron chi connectivity index (χ2n) is 1.73. The van der Waals surface area contributed by atoms with Gasteiger partial charge in [-0.15, -0.1) is 0 Å². The molecule has 3 N–H and O–H groups in total. The SMILES string of the molecule is CCO.Nc1ccccc1. The maximum absolute atomic E-state index is 7.57. The molecule has 2 heteroatoms. The molecule has 0 aromatic heterocycles. The molecular weight excluding hydrogens is 126 g/mol. The largest absolute Gasteiger partial charge is 0.399 e. The summed E-state index contributed by atoms with van der Waals surface area (Å²) in [6.45, 7) is 1.93. The van der Waals surface area contributed by atoms with Crippen LogP contribution in [0.15, 0.2) is 30.3 Å². The molecule has 2 nitrogen and oxygen atoms in total. The summed E-state index contributed by atoms with van der Waals surface area (Å²) in [5.74, 6) is 0. The number of hydrogen-bond donors (Lipinski definition) is 2. The highest BCUT2D eigenvalue weighted by atomic mass is 16.2. The Kier molecular flexibility index (Phi) is 5.48. The van der Waals surface area contributed by atoms with E-state index in [0.29, 0.717) is 0 Å². The highest BCUT2D eigenvalue weighted by Gasteiger charge is 1.72. The molecule has 0 spiro atoms. The van der Waals surface area contributed by atoms with Crippen molar-refractivity contribution in [2.24, 2.45) is 0 Å². The maximum atomic E-state index is 7.57. The monoisotopic (exact) mass is 139 g/mol. The highest BCUT2D eigenvalue weighted by molar-refractivity contribution is 5.35. The number of anilines is 1. The summed E-state index contributed by atoms with van der Waals surface area (Å²) < 4.78 is 0. The highest BCUT2D eigenvalue weighted by Crippen LogP contribution is 1.95. The lowest BCUT2D eigenvalue weighted by atomic mass is 10.3. The van der Waals surface area contributed by atoms with E-state index >= 15 is 0 Å². The number of para-hydroxylation sites is 1. The Bertz CT molecular complexity index is 151. The van der Waals surface area contributed by atoms with Crippen LogP contribution in [-0.2, 0) is 0 Å². The average Bonchev–Trinajstić information content (AvgIpc) is 1.91. The Labute approximate surface area is 61.3 Å². The number of rotatable bonds is 0. The molecule has 1 aromatic carbocycles. The predicted octanol–water partition coefficient (Wildman–Crippen LogP) is 1.27. The molecule has 1 aromatic rings. The van der Waals surface area contributed by atoms with Crippen LogP contribution in [0.5, 0.6) is 0 Å². The van der Waals surface area contributed by atoms with Gasteiger partial charge in [0.2, 0.25) is 0 Å². The minimum atomic E-state index is 0.250. The van der Waals surface area contributed by atoms with Gasteiger partial charge in [-0.05, 0) is 19.1 Å². The molecule has 0 bridgehead atoms. The molecule has 10 heavy (non-hydrogen) atoms. The molecule has 0 atom stereocenters. The summed E-state index contributed by atoms with van der Waals surface area (Å²) in [5, 5.41) is 7.57. The average molecular weight is 139 g/mol. The summed E-state index contributed by atoms with van der Waals surface area (Å²) in [7, 11) is 0. The van der Waals surface area contributed by atoms with Crippen LogP contribution in [0.3, 0.4) is 0 Å². The van der Waals surface area contributed by atoms with Gasteiger partial charge in [-0.2, -0.15) is 0 Å². The lowest BCUT2D eigenvalue weighted by molar-refractivity contribution is 0.318. The van der Waals surface area contributed by atoms with Crippen LogP contribution < -0.4 is 5.73 Å². The molecule has 0 aliphatic carbocycles. The van der Waals surface area contributed by atoms with Crippen molar-refractivity contribution < 1.29 is 5.11 Å². The van der Waals surface area contributed by atoms with Gasteiger partial charge in [0.1, 0.15) is 0 Å². The molecule has 0 saturated carbocycles. The molecule has 0 saturated heterocycles. The Hall–Kier alpha value is -1.02. The van der Waals surface area contributed by atoms with Crippen LogP contribution in [0, 0.1) is 0 Å². The van der Waals surface area contributed by atoms with Crippen molar-refractivity contribution >= 4 is 5.69 Å². The van der Waals surface area contributed by atoms with Gasteiger partial charge in [-0.1, -0.05) is 18.2 Å². The van der Waals surface area contributed by atoms with Crippen molar-refractivity contribution in [1.82, 2.24) is 0 Å². The normalized spacial score (nSPS) is 7.80. The second-order valence-corrected chi connectivity index (χ2v) is 1.73. The first-order valence-electron chi connectivity index (χ1n) is 3.22. The first-order valence-corrected chi connectivity index (χ1v) is 3.22. The van der Waals surface area contributed by atoms with E-state index in [1.165, 1.54) is 0 Å². The zero-order valence-corrected chi connectivity index (χ0v) is 6.12. The van der Waals surface area contributed by atoms with Crippen LogP contribution >= 0.6 is 0 Å². The summed E-state index contributed by atoms with van der Waals surface area (Å²) >= 11 is 0. The lowest BCUT2D eigenvalue weighted by Gasteiger charge is -1.83. The van der Waals surface area contributed by atoms with Gasteiger partial charge in [0.05, 0.1) is 0 Å². The summed E-state index contributed by atoms with van der Waals surface area (Å²) in [6.07, 6.45) is 0. The minimum absolute atomic E-state index is 0.250. The van der Waals surface area contributed by atoms with Crippen LogP contribution in [-0.4, -0.2) is 11.7 Å². The first kappa shape index (κ1) is 8.98. The van der Waals surface area contributed by atoms with Crippen molar-refractivity contribution in [2.75, 3.05) is 12.3 Å². The summed E-state index contributed by atoms with van der Waals surface area (Å²) in [4.78, 5) is 0. The number of aliphatic hydroxyl groups excluding tert-OH is 1. The van der Waals surface area contributed by atoms with Crippen molar-refractivity contribution in [1.29, 1.82) is 0 Å². The molecule has 1 rings (SSSR count). The van der Waals surface area contributed by atoms with Crippen molar-refractivity contribution in [3.05, 3.63) is 30.3 Å². The van der Waals surface area contributed by atoms with E-state index in [0.717, 1.165) is 5.69 Å². The van der Waals surface area contributed by atoms with Gasteiger partial charge in [0.25, 0.3) is 0 Å². The van der Waals surface area contributed by atoms with Gasteiger partial charge in [0, 0.05) is 12.3 Å². The van der Waals surface area contributed by atoms with E-state index in [-0.39, 0.29) is 6.61 Å². The molecule has 56 valence electrons. The van der Waals surface area contributed by atoms with Crippen molar-refractivity contribution in [3.8, 4) is 0 Å². The number of aliphatic hydroxyl groups is 1. The zero-order valence-electron chi connectivity index (χ0n) is 6.12. The standard InChI is InChI=1S/C6H7N.C2H6O/c7-6-4-2-1-3-5-6;1-2-3/h1-5H,7H2;3H,2H2,1H3. The van der Waals surface area contributed by atoms with Gasteiger partial charge in [0.15, 0.2) is 0 Å². The predicted molar refractivity (Wildman–Crippen MR) is 43.6 cm³/mol. The number of nitrogen functional groups attached to an aromatic ring is 1. The summed E-state index contributed by atoms with van der Waals surface area (Å²) in [5.41, 5.74) is 6.18. The molecular formula is C8H13NO. The van der Waals surface area contributed by atoms with E-state index in [1.54, 1.807) is 6.92 Å². The lowest BCUT2D eigenvalue weighted by Crippen LogP contribution is -1.79. The van der Waals surface area contributed by atoms with E-state index in [2.05, 4.69) is 0 Å². The third kappa shape index (κ3) is 5.12. The fraction of sp³-hybridized carbons (Fsp3) is 0.250. The Morgan fingerprint density at radius 2 is 1.70 bits per heavy atom. The van der Waals surface area contributed by atoms with Crippen LogP contribution in [0.2, 0.25) is 0 Å². The van der Waals surface area contributed by atoms with E-state index in [9.17, 15) is 0 Å². The maximum Gasteiger partial charge on any atom is 0.0402 e. The van der Waals surface area contributed by atoms with E-state index < -0.39 is 0 Å². The Morgan fingerprint density at radius 1 is 1.30 bits per heavy atom. The summed E-state index contributed by atoms with van der Waals surface area (Å²) in [6, 6.07) is 9.49. The van der Waals surface area contributed by atoms with E-state index in [1.807, 2.05) is 30.3 Å². The second kappa shape index (κ2) is 6.11. The van der Waals surface area contributed by atoms with Gasteiger partial charge in [-0.25, -0.2) is 0 Å². The van der Waals surface area contributed by atoms with Gasteiger partial charge in [-0.3, -0.25) is 0 Å². The number of hydrogen-bond acceptors (Lipinski definition) is 2. The van der Waals surface area contributed by atoms with Crippen LogP contribution in [0.4, 0.5) is 5.69 Å². The topological polar surface area (TPSA) is 46.2 Å². The number of nitrogens with two attached hydrogens (primary N) is 1. The Morgan fingerprint density at radius 3 is 1.90 bits per heavy atom. The smallest absolute Gasteiger partial charge is 0.0402 e. The van der Waals surface area contributed by atoms with Crippen LogP contribution in [0.1, 0.15) is 6.92 Å². The third-order valence-corrected chi connectivity index (χ3v) is 0.800. The van der Waals surface area contributed by atoms with Crippen molar-refractivity contribution in [3.63, 3.8) is 0 Å².